The van der Waals surface area contributed by atoms with Crippen LogP contribution in [0.1, 0.15) is 29.7 Å². The second-order valence-electron chi connectivity index (χ2n) is 4.60. The smallest absolute Gasteiger partial charge is 0.240 e. The molecule has 2 aromatic rings. The number of hydrogen-bond donors (Lipinski definition) is 1. The van der Waals surface area contributed by atoms with Crippen molar-refractivity contribution in [1.82, 2.24) is 5.43 Å². The number of thiophene rings is 1. The zero-order valence-corrected chi connectivity index (χ0v) is 12.4. The molecule has 1 heterocycles. The molecule has 0 spiro atoms. The highest BCUT2D eigenvalue weighted by molar-refractivity contribution is 7.09. The second-order valence-corrected chi connectivity index (χ2v) is 5.63. The van der Waals surface area contributed by atoms with E-state index in [1.807, 2.05) is 6.07 Å². The molecule has 3 nitrogen and oxygen atoms in total. The lowest BCUT2D eigenvalue weighted by Crippen LogP contribution is -2.17. The molecular formula is C16H17FN2OS. The molecule has 2 rings (SSSR count). The maximum absolute atomic E-state index is 13.3. The van der Waals surface area contributed by atoms with Crippen LogP contribution < -0.4 is 5.43 Å². The minimum atomic E-state index is -0.355. The normalized spacial score (nSPS) is 10.9. The van der Waals surface area contributed by atoms with E-state index in [9.17, 15) is 9.18 Å². The van der Waals surface area contributed by atoms with Gasteiger partial charge in [-0.3, -0.25) is 4.79 Å². The van der Waals surface area contributed by atoms with Gasteiger partial charge < -0.3 is 0 Å². The van der Waals surface area contributed by atoms with Crippen molar-refractivity contribution < 1.29 is 9.18 Å². The number of aryl methyl sites for hydroxylation is 1. The van der Waals surface area contributed by atoms with Gasteiger partial charge in [0.25, 0.3) is 0 Å². The van der Waals surface area contributed by atoms with Crippen molar-refractivity contribution in [1.29, 1.82) is 0 Å². The average molecular weight is 304 g/mol. The lowest BCUT2D eigenvalue weighted by molar-refractivity contribution is -0.121. The van der Waals surface area contributed by atoms with Crippen LogP contribution in [0.5, 0.6) is 0 Å². The molecule has 0 bridgehead atoms. The van der Waals surface area contributed by atoms with E-state index < -0.39 is 0 Å². The number of unbranched alkanes of at least 4 members (excludes halogenated alkanes) is 1. The monoisotopic (exact) mass is 304 g/mol. The average Bonchev–Trinajstić information content (AvgIpc) is 2.99. The number of benzene rings is 1. The van der Waals surface area contributed by atoms with E-state index >= 15 is 0 Å². The molecule has 0 fully saturated rings. The largest absolute Gasteiger partial charge is 0.273 e. The fourth-order valence-corrected chi connectivity index (χ4v) is 2.60. The summed E-state index contributed by atoms with van der Waals surface area (Å²) in [5.41, 5.74) is 2.78. The molecule has 110 valence electrons. The molecule has 1 amide bonds. The van der Waals surface area contributed by atoms with Gasteiger partial charge in [0.2, 0.25) is 5.91 Å². The van der Waals surface area contributed by atoms with Crippen LogP contribution in [0.4, 0.5) is 4.39 Å². The zero-order chi connectivity index (χ0) is 14.9. The van der Waals surface area contributed by atoms with E-state index in [-0.39, 0.29) is 11.7 Å². The van der Waals surface area contributed by atoms with E-state index in [1.54, 1.807) is 29.5 Å². The second kappa shape index (κ2) is 8.32. The molecule has 1 N–H and O–H groups in total. The molecule has 21 heavy (non-hydrogen) atoms. The topological polar surface area (TPSA) is 41.5 Å². The highest BCUT2D eigenvalue weighted by Crippen LogP contribution is 2.12. The van der Waals surface area contributed by atoms with Gasteiger partial charge in [0.15, 0.2) is 0 Å². The summed E-state index contributed by atoms with van der Waals surface area (Å²) in [6, 6.07) is 10.4. The van der Waals surface area contributed by atoms with Crippen molar-refractivity contribution >= 4 is 23.5 Å². The van der Waals surface area contributed by atoms with Crippen LogP contribution in [0.25, 0.3) is 0 Å². The maximum atomic E-state index is 13.3. The molecule has 0 saturated heterocycles. The van der Waals surface area contributed by atoms with Crippen LogP contribution in [-0.4, -0.2) is 12.1 Å². The minimum Gasteiger partial charge on any atom is -0.273 e. The highest BCUT2D eigenvalue weighted by Gasteiger charge is 2.01. The fourth-order valence-electron chi connectivity index (χ4n) is 1.85. The highest BCUT2D eigenvalue weighted by atomic mass is 32.1. The lowest BCUT2D eigenvalue weighted by atomic mass is 10.2. The molecule has 0 aliphatic rings. The molecule has 0 unspecified atom stereocenters. The van der Waals surface area contributed by atoms with Crippen LogP contribution in [0.15, 0.2) is 46.9 Å². The third-order valence-corrected chi connectivity index (χ3v) is 3.89. The van der Waals surface area contributed by atoms with Crippen LogP contribution in [-0.2, 0) is 11.2 Å². The number of carbonyl (C=O) groups excluding carboxylic acids is 1. The first kappa shape index (κ1) is 15.4. The quantitative estimate of drug-likeness (QED) is 0.472. The van der Waals surface area contributed by atoms with Gasteiger partial charge in [0.05, 0.1) is 6.21 Å². The predicted molar refractivity (Wildman–Crippen MR) is 84.0 cm³/mol. The third kappa shape index (κ3) is 5.47. The summed E-state index contributed by atoms with van der Waals surface area (Å²) in [5, 5.41) is 5.82. The Hall–Kier alpha value is -2.01. The summed E-state index contributed by atoms with van der Waals surface area (Å²) in [7, 11) is 0. The summed E-state index contributed by atoms with van der Waals surface area (Å²) >= 11 is 1.74. The van der Waals surface area contributed by atoms with Crippen LogP contribution in [0.3, 0.4) is 0 Å². The Balaban J connectivity index is 1.64. The number of carbonyl (C=O) groups is 1. The number of rotatable bonds is 7. The number of halogens is 1. The molecular weight excluding hydrogens is 287 g/mol. The first-order valence-electron chi connectivity index (χ1n) is 6.84. The minimum absolute atomic E-state index is 0.145. The Labute approximate surface area is 127 Å². The first-order valence-corrected chi connectivity index (χ1v) is 7.72. The number of nitrogens with zero attached hydrogens (tertiary/aromatic N) is 1. The lowest BCUT2D eigenvalue weighted by Gasteiger charge is -2.00. The standard InChI is InChI=1S/C16H17FN2OS/c17-15-9-3-1-6-13(15)12-18-19-16(20)10-4-2-7-14-8-5-11-21-14/h1,3,5-6,8-9,11-12H,2,4,7,10H2,(H,19,20)/b18-12+. The zero-order valence-electron chi connectivity index (χ0n) is 11.6. The van der Waals surface area contributed by atoms with E-state index in [2.05, 4.69) is 22.0 Å². The summed E-state index contributed by atoms with van der Waals surface area (Å²) in [6.07, 6.45) is 4.55. The number of amides is 1. The van der Waals surface area contributed by atoms with E-state index in [0.717, 1.165) is 19.3 Å². The Kier molecular flexibility index (Phi) is 6.09. The Morgan fingerprint density at radius 2 is 2.10 bits per heavy atom. The summed E-state index contributed by atoms with van der Waals surface area (Å²) in [6.45, 7) is 0. The Morgan fingerprint density at radius 1 is 1.24 bits per heavy atom. The summed E-state index contributed by atoms with van der Waals surface area (Å²) in [5.74, 6) is -0.500. The van der Waals surface area contributed by atoms with E-state index in [4.69, 9.17) is 0 Å². The van der Waals surface area contributed by atoms with Gasteiger partial charge in [-0.15, -0.1) is 11.3 Å². The van der Waals surface area contributed by atoms with Gasteiger partial charge >= 0.3 is 0 Å². The van der Waals surface area contributed by atoms with Crippen LogP contribution in [0.2, 0.25) is 0 Å². The van der Waals surface area contributed by atoms with E-state index in [0.29, 0.717) is 12.0 Å². The van der Waals surface area contributed by atoms with Gasteiger partial charge in [0, 0.05) is 16.9 Å². The van der Waals surface area contributed by atoms with Gasteiger partial charge in [-0.05, 0) is 36.8 Å². The van der Waals surface area contributed by atoms with Crippen LogP contribution >= 0.6 is 11.3 Å². The number of nitrogens with one attached hydrogen (secondary N) is 1. The Morgan fingerprint density at radius 3 is 2.86 bits per heavy atom. The van der Waals surface area contributed by atoms with Crippen molar-refractivity contribution in [3.8, 4) is 0 Å². The van der Waals surface area contributed by atoms with Gasteiger partial charge in [-0.1, -0.05) is 24.3 Å². The molecule has 0 atom stereocenters. The third-order valence-electron chi connectivity index (χ3n) is 2.96. The molecule has 1 aromatic carbocycles. The summed E-state index contributed by atoms with van der Waals surface area (Å²) < 4.78 is 13.3. The molecule has 0 radical (unpaired) electrons. The Bertz CT molecular complexity index is 596. The van der Waals surface area contributed by atoms with E-state index in [1.165, 1.54) is 17.2 Å². The summed E-state index contributed by atoms with van der Waals surface area (Å²) in [4.78, 5) is 12.9. The van der Waals surface area contributed by atoms with Crippen LogP contribution in [0, 0.1) is 5.82 Å². The van der Waals surface area contributed by atoms with Gasteiger partial charge in [-0.25, -0.2) is 9.82 Å². The number of hydrogen-bond acceptors (Lipinski definition) is 3. The maximum Gasteiger partial charge on any atom is 0.240 e. The van der Waals surface area contributed by atoms with Gasteiger partial charge in [0.1, 0.15) is 5.82 Å². The van der Waals surface area contributed by atoms with Crippen molar-refractivity contribution in [2.75, 3.05) is 0 Å². The molecule has 0 aliphatic carbocycles. The van der Waals surface area contributed by atoms with Crippen molar-refractivity contribution in [3.63, 3.8) is 0 Å². The predicted octanol–water partition coefficient (Wildman–Crippen LogP) is 3.75. The molecule has 0 saturated carbocycles. The van der Waals surface area contributed by atoms with Gasteiger partial charge in [-0.2, -0.15) is 5.10 Å². The SMILES string of the molecule is O=C(CCCCc1cccs1)N/N=C/c1ccccc1F. The van der Waals surface area contributed by atoms with Crippen molar-refractivity contribution in [2.24, 2.45) is 5.10 Å². The molecule has 5 heteroatoms. The first-order chi connectivity index (χ1) is 10.3. The molecule has 0 aliphatic heterocycles. The van der Waals surface area contributed by atoms with Crippen molar-refractivity contribution in [3.05, 3.63) is 58.0 Å². The molecule has 1 aromatic heterocycles. The van der Waals surface area contributed by atoms with Crippen molar-refractivity contribution in [2.45, 2.75) is 25.7 Å². The number of hydrazone groups is 1. The fraction of sp³-hybridized carbons (Fsp3) is 0.250.